The molecule has 0 spiro atoms. The average Bonchev–Trinajstić information content (AvgIpc) is 3.16. The number of nitro benzene ring substituents is 1. The van der Waals surface area contributed by atoms with Crippen molar-refractivity contribution < 1.29 is 13.7 Å². The lowest BCUT2D eigenvalue weighted by Gasteiger charge is -2.10. The van der Waals surface area contributed by atoms with Crippen molar-refractivity contribution >= 4 is 11.4 Å². The molecule has 0 unspecified atom stereocenters. The summed E-state index contributed by atoms with van der Waals surface area (Å²) >= 11 is 0. The fraction of sp³-hybridized carbons (Fsp3) is 0.308. The standard InChI is InChI=1S/C13H12F2N4O2/c14-10-3-11(15)13(19(20)21)4-12(10)17-6-9-5-16-7-18(9)8-1-2-8/h3-5,7-8,17H,1-2,6H2. The minimum atomic E-state index is -1.19. The van der Waals surface area contributed by atoms with Gasteiger partial charge in [0, 0.05) is 24.4 Å². The molecule has 1 heterocycles. The zero-order valence-corrected chi connectivity index (χ0v) is 10.9. The number of nitrogens with zero attached hydrogens (tertiary/aromatic N) is 3. The lowest BCUT2D eigenvalue weighted by molar-refractivity contribution is -0.387. The van der Waals surface area contributed by atoms with Crippen molar-refractivity contribution in [2.45, 2.75) is 25.4 Å². The van der Waals surface area contributed by atoms with Crippen LogP contribution in [0.4, 0.5) is 20.2 Å². The first-order valence-corrected chi connectivity index (χ1v) is 6.44. The minimum Gasteiger partial charge on any atom is -0.377 e. The summed E-state index contributed by atoms with van der Waals surface area (Å²) in [4.78, 5) is 13.8. The molecular formula is C13H12F2N4O2. The predicted molar refractivity (Wildman–Crippen MR) is 70.8 cm³/mol. The first kappa shape index (κ1) is 13.5. The molecule has 1 aromatic carbocycles. The van der Waals surface area contributed by atoms with Crippen molar-refractivity contribution in [1.82, 2.24) is 9.55 Å². The maximum Gasteiger partial charge on any atom is 0.307 e. The van der Waals surface area contributed by atoms with E-state index in [9.17, 15) is 18.9 Å². The number of rotatable bonds is 5. The number of anilines is 1. The first-order chi connectivity index (χ1) is 10.1. The van der Waals surface area contributed by atoms with E-state index in [2.05, 4.69) is 10.3 Å². The van der Waals surface area contributed by atoms with Crippen LogP contribution < -0.4 is 5.32 Å². The van der Waals surface area contributed by atoms with Crippen molar-refractivity contribution in [2.75, 3.05) is 5.32 Å². The van der Waals surface area contributed by atoms with Crippen molar-refractivity contribution in [2.24, 2.45) is 0 Å². The Morgan fingerprint density at radius 3 is 2.81 bits per heavy atom. The first-order valence-electron chi connectivity index (χ1n) is 6.44. The smallest absolute Gasteiger partial charge is 0.307 e. The van der Waals surface area contributed by atoms with Gasteiger partial charge in [0.1, 0.15) is 5.82 Å². The summed E-state index contributed by atoms with van der Waals surface area (Å²) in [6.45, 7) is 0.260. The number of halogens is 2. The van der Waals surface area contributed by atoms with E-state index in [1.807, 2.05) is 4.57 Å². The number of aromatic nitrogens is 2. The van der Waals surface area contributed by atoms with Gasteiger partial charge in [-0.2, -0.15) is 4.39 Å². The molecule has 1 saturated carbocycles. The van der Waals surface area contributed by atoms with Gasteiger partial charge in [0.25, 0.3) is 0 Å². The van der Waals surface area contributed by atoms with Crippen molar-refractivity contribution in [3.63, 3.8) is 0 Å². The van der Waals surface area contributed by atoms with Crippen LogP contribution in [0, 0.1) is 21.7 Å². The summed E-state index contributed by atoms with van der Waals surface area (Å²) in [5.41, 5.74) is -0.00914. The van der Waals surface area contributed by atoms with Gasteiger partial charge in [0.05, 0.1) is 29.2 Å². The zero-order chi connectivity index (χ0) is 15.0. The Balaban J connectivity index is 1.79. The number of imidazole rings is 1. The third-order valence-corrected chi connectivity index (χ3v) is 3.38. The van der Waals surface area contributed by atoms with E-state index < -0.39 is 22.2 Å². The maximum atomic E-state index is 13.6. The minimum absolute atomic E-state index is 0.105. The third-order valence-electron chi connectivity index (χ3n) is 3.38. The number of hydrogen-bond acceptors (Lipinski definition) is 4. The summed E-state index contributed by atoms with van der Waals surface area (Å²) in [7, 11) is 0. The third kappa shape index (κ3) is 2.69. The highest BCUT2D eigenvalue weighted by Gasteiger charge is 2.25. The van der Waals surface area contributed by atoms with Crippen LogP contribution in [0.2, 0.25) is 0 Å². The Kier molecular flexibility index (Phi) is 3.28. The molecule has 21 heavy (non-hydrogen) atoms. The van der Waals surface area contributed by atoms with Crippen LogP contribution in [-0.4, -0.2) is 14.5 Å². The number of benzene rings is 1. The van der Waals surface area contributed by atoms with Crippen LogP contribution in [-0.2, 0) is 6.54 Å². The lowest BCUT2D eigenvalue weighted by Crippen LogP contribution is -2.08. The number of hydrogen-bond donors (Lipinski definition) is 1. The topological polar surface area (TPSA) is 73.0 Å². The molecule has 1 aliphatic rings. The van der Waals surface area contributed by atoms with Crippen LogP contribution in [0.1, 0.15) is 24.6 Å². The molecule has 6 nitrogen and oxygen atoms in total. The fourth-order valence-electron chi connectivity index (χ4n) is 2.15. The molecule has 1 fully saturated rings. The average molecular weight is 294 g/mol. The molecule has 1 aliphatic carbocycles. The van der Waals surface area contributed by atoms with E-state index in [0.29, 0.717) is 12.1 Å². The monoisotopic (exact) mass is 294 g/mol. The SMILES string of the molecule is O=[N+]([O-])c1cc(NCc2cncn2C2CC2)c(F)cc1F. The van der Waals surface area contributed by atoms with Gasteiger partial charge in [0.15, 0.2) is 0 Å². The summed E-state index contributed by atoms with van der Waals surface area (Å²) in [6, 6.07) is 1.80. The van der Waals surface area contributed by atoms with E-state index in [4.69, 9.17) is 0 Å². The van der Waals surface area contributed by atoms with Gasteiger partial charge < -0.3 is 9.88 Å². The fourth-order valence-corrected chi connectivity index (χ4v) is 2.15. The molecule has 8 heteroatoms. The Labute approximate surface area is 118 Å². The van der Waals surface area contributed by atoms with Gasteiger partial charge in [-0.3, -0.25) is 10.1 Å². The molecule has 2 aromatic rings. The quantitative estimate of drug-likeness (QED) is 0.679. The van der Waals surface area contributed by atoms with Crippen molar-refractivity contribution in [3.05, 3.63) is 52.1 Å². The molecule has 0 radical (unpaired) electrons. The van der Waals surface area contributed by atoms with Gasteiger partial charge in [0.2, 0.25) is 5.82 Å². The second-order valence-electron chi connectivity index (χ2n) is 4.92. The van der Waals surface area contributed by atoms with Gasteiger partial charge in [-0.15, -0.1) is 0 Å². The van der Waals surface area contributed by atoms with Crippen LogP contribution in [0.5, 0.6) is 0 Å². The second-order valence-corrected chi connectivity index (χ2v) is 4.92. The molecule has 1 N–H and O–H groups in total. The molecule has 110 valence electrons. The summed E-state index contributed by atoms with van der Waals surface area (Å²) in [6.07, 6.45) is 5.53. The highest BCUT2D eigenvalue weighted by molar-refractivity contribution is 5.53. The molecule has 0 bridgehead atoms. The van der Waals surface area contributed by atoms with E-state index in [0.717, 1.165) is 24.6 Å². The summed E-state index contributed by atoms with van der Waals surface area (Å²) < 4.78 is 28.9. The predicted octanol–water partition coefficient (Wildman–Crippen LogP) is 3.02. The maximum absolute atomic E-state index is 13.6. The second kappa shape index (κ2) is 5.12. The van der Waals surface area contributed by atoms with E-state index in [1.165, 1.54) is 0 Å². The molecule has 0 saturated heterocycles. The van der Waals surface area contributed by atoms with Gasteiger partial charge in [-0.25, -0.2) is 9.37 Å². The zero-order valence-electron chi connectivity index (χ0n) is 10.9. The van der Waals surface area contributed by atoms with E-state index in [1.54, 1.807) is 12.5 Å². The summed E-state index contributed by atoms with van der Waals surface area (Å²) in [5, 5.41) is 13.4. The molecule has 3 rings (SSSR count). The van der Waals surface area contributed by atoms with Crippen LogP contribution in [0.25, 0.3) is 0 Å². The van der Waals surface area contributed by atoms with Crippen LogP contribution in [0.15, 0.2) is 24.7 Å². The Morgan fingerprint density at radius 1 is 1.38 bits per heavy atom. The van der Waals surface area contributed by atoms with E-state index >= 15 is 0 Å². The Bertz CT molecular complexity index is 697. The number of nitrogens with one attached hydrogen (secondary N) is 1. The normalized spacial score (nSPS) is 14.2. The Morgan fingerprint density at radius 2 is 2.14 bits per heavy atom. The van der Waals surface area contributed by atoms with Gasteiger partial charge in [-0.1, -0.05) is 0 Å². The summed E-state index contributed by atoms with van der Waals surface area (Å²) in [5.74, 6) is -2.05. The molecule has 0 aliphatic heterocycles. The van der Waals surface area contributed by atoms with Crippen molar-refractivity contribution in [1.29, 1.82) is 0 Å². The molecule has 0 amide bonds. The molecular weight excluding hydrogens is 282 g/mol. The Hall–Kier alpha value is -2.51. The van der Waals surface area contributed by atoms with Crippen LogP contribution in [0.3, 0.4) is 0 Å². The van der Waals surface area contributed by atoms with Crippen molar-refractivity contribution in [3.8, 4) is 0 Å². The largest absolute Gasteiger partial charge is 0.377 e. The highest BCUT2D eigenvalue weighted by atomic mass is 19.1. The number of nitro groups is 1. The highest BCUT2D eigenvalue weighted by Crippen LogP contribution is 2.35. The van der Waals surface area contributed by atoms with E-state index in [-0.39, 0.29) is 12.2 Å². The molecule has 0 atom stereocenters. The molecule has 1 aromatic heterocycles. The van der Waals surface area contributed by atoms with Crippen LogP contribution >= 0.6 is 0 Å². The van der Waals surface area contributed by atoms with Gasteiger partial charge in [-0.05, 0) is 12.8 Å². The van der Waals surface area contributed by atoms with Gasteiger partial charge >= 0.3 is 5.69 Å². The lowest BCUT2D eigenvalue weighted by atomic mass is 10.2.